The van der Waals surface area contributed by atoms with Crippen molar-refractivity contribution in [2.24, 2.45) is 5.84 Å². The number of hydrogen-bond acceptors (Lipinski definition) is 5. The fraction of sp³-hybridized carbons (Fsp3) is 0.500. The zero-order valence-electron chi connectivity index (χ0n) is 12.3. The topological polar surface area (TPSA) is 100 Å². The number of hydrogen-bond donors (Lipinski definition) is 3. The van der Waals surface area contributed by atoms with Gasteiger partial charge in [-0.1, -0.05) is 13.8 Å². The van der Waals surface area contributed by atoms with Gasteiger partial charge in [-0.25, -0.2) is 10.8 Å². The lowest BCUT2D eigenvalue weighted by atomic mass is 10.1. The Morgan fingerprint density at radius 1 is 1.52 bits per heavy atom. The summed E-state index contributed by atoms with van der Waals surface area (Å²) in [4.78, 5) is 30.5. The van der Waals surface area contributed by atoms with E-state index in [-0.39, 0.29) is 11.8 Å². The van der Waals surface area contributed by atoms with Crippen molar-refractivity contribution in [1.29, 1.82) is 0 Å². The van der Waals surface area contributed by atoms with Gasteiger partial charge >= 0.3 is 0 Å². The number of piperazine rings is 1. The van der Waals surface area contributed by atoms with E-state index in [0.717, 1.165) is 5.69 Å². The Morgan fingerprint density at radius 2 is 2.29 bits per heavy atom. The van der Waals surface area contributed by atoms with Crippen LogP contribution in [0.1, 0.15) is 36.3 Å². The van der Waals surface area contributed by atoms with Gasteiger partial charge < -0.3 is 15.6 Å². The van der Waals surface area contributed by atoms with Gasteiger partial charge in [-0.3, -0.25) is 9.59 Å². The molecule has 1 aromatic heterocycles. The Hall–Kier alpha value is -2.15. The number of aryl methyl sites for hydroxylation is 1. The largest absolute Gasteiger partial charge is 0.353 e. The van der Waals surface area contributed by atoms with E-state index in [2.05, 4.69) is 15.7 Å². The van der Waals surface area contributed by atoms with E-state index in [1.165, 1.54) is 0 Å². The van der Waals surface area contributed by atoms with Crippen molar-refractivity contribution in [1.82, 2.24) is 15.2 Å². The second-order valence-corrected chi connectivity index (χ2v) is 4.94. The Balaban J connectivity index is 2.32. The number of anilines is 1. The monoisotopic (exact) mass is 291 g/mol. The number of nitrogen functional groups attached to an aromatic ring is 1. The maximum Gasteiger partial charge on any atom is 0.254 e. The summed E-state index contributed by atoms with van der Waals surface area (Å²) >= 11 is 0. The molecule has 0 saturated carbocycles. The van der Waals surface area contributed by atoms with Crippen molar-refractivity contribution in [2.75, 3.05) is 18.5 Å². The zero-order valence-corrected chi connectivity index (χ0v) is 12.3. The molecule has 21 heavy (non-hydrogen) atoms. The summed E-state index contributed by atoms with van der Waals surface area (Å²) < 4.78 is 0. The molecule has 114 valence electrons. The van der Waals surface area contributed by atoms with Crippen LogP contribution in [0.4, 0.5) is 5.82 Å². The van der Waals surface area contributed by atoms with Gasteiger partial charge in [0, 0.05) is 24.3 Å². The quantitative estimate of drug-likeness (QED) is 0.546. The minimum atomic E-state index is -0.418. The molecule has 0 aromatic carbocycles. The first-order chi connectivity index (χ1) is 10.1. The van der Waals surface area contributed by atoms with Crippen LogP contribution in [-0.4, -0.2) is 40.8 Å². The van der Waals surface area contributed by atoms with E-state index in [1.807, 2.05) is 13.8 Å². The molecule has 2 rings (SSSR count). The highest BCUT2D eigenvalue weighted by Gasteiger charge is 2.32. The average molecular weight is 291 g/mol. The molecule has 0 radical (unpaired) electrons. The van der Waals surface area contributed by atoms with Crippen LogP contribution in [0.15, 0.2) is 12.1 Å². The van der Waals surface area contributed by atoms with Crippen LogP contribution in [0.5, 0.6) is 0 Å². The first-order valence-electron chi connectivity index (χ1n) is 7.17. The Kier molecular flexibility index (Phi) is 4.74. The molecule has 1 aliphatic heterocycles. The molecule has 0 aliphatic carbocycles. The number of hydrazine groups is 1. The fourth-order valence-corrected chi connectivity index (χ4v) is 2.50. The molecule has 1 saturated heterocycles. The standard InChI is InChI=1S/C14H21N5O2/c1-3-10-7-9(8-12(17-10)18-15)14(21)19-6-5-16-13(20)11(19)4-2/h7-8,11H,3-6,15H2,1-2H3,(H,16,20)(H,17,18). The Labute approximate surface area is 123 Å². The highest BCUT2D eigenvalue weighted by molar-refractivity contribution is 5.98. The lowest BCUT2D eigenvalue weighted by Gasteiger charge is -2.34. The lowest BCUT2D eigenvalue weighted by Crippen LogP contribution is -2.56. The van der Waals surface area contributed by atoms with Gasteiger partial charge in [0.2, 0.25) is 5.91 Å². The molecular formula is C14H21N5O2. The summed E-state index contributed by atoms with van der Waals surface area (Å²) in [6, 6.07) is 2.95. The van der Waals surface area contributed by atoms with Gasteiger partial charge in [0.05, 0.1) is 0 Å². The van der Waals surface area contributed by atoms with Crippen molar-refractivity contribution >= 4 is 17.6 Å². The number of rotatable bonds is 4. The fourth-order valence-electron chi connectivity index (χ4n) is 2.50. The first-order valence-corrected chi connectivity index (χ1v) is 7.17. The summed E-state index contributed by atoms with van der Waals surface area (Å²) in [6.45, 7) is 4.85. The normalized spacial score (nSPS) is 18.3. The average Bonchev–Trinajstić information content (AvgIpc) is 2.53. The van der Waals surface area contributed by atoms with Crippen LogP contribution < -0.4 is 16.6 Å². The molecule has 1 aromatic rings. The summed E-state index contributed by atoms with van der Waals surface area (Å²) in [5.41, 5.74) is 3.76. The van der Waals surface area contributed by atoms with Crippen molar-refractivity contribution in [3.8, 4) is 0 Å². The molecule has 1 unspecified atom stereocenters. The van der Waals surface area contributed by atoms with E-state index >= 15 is 0 Å². The number of aromatic nitrogens is 1. The van der Waals surface area contributed by atoms with Gasteiger partial charge in [-0.05, 0) is 25.0 Å². The smallest absolute Gasteiger partial charge is 0.254 e. The SMILES string of the molecule is CCc1cc(C(=O)N2CCNC(=O)C2CC)cc(NN)n1. The number of nitrogens with one attached hydrogen (secondary N) is 2. The predicted molar refractivity (Wildman–Crippen MR) is 79.6 cm³/mol. The van der Waals surface area contributed by atoms with E-state index in [4.69, 9.17) is 5.84 Å². The van der Waals surface area contributed by atoms with E-state index in [0.29, 0.717) is 37.3 Å². The number of pyridine rings is 1. The van der Waals surface area contributed by atoms with Crippen molar-refractivity contribution in [3.05, 3.63) is 23.4 Å². The predicted octanol–water partition coefficient (Wildman–Crippen LogP) is 0.280. The highest BCUT2D eigenvalue weighted by Crippen LogP contribution is 2.17. The van der Waals surface area contributed by atoms with E-state index < -0.39 is 6.04 Å². The third kappa shape index (κ3) is 3.13. The van der Waals surface area contributed by atoms with Gasteiger partial charge in [-0.15, -0.1) is 0 Å². The Morgan fingerprint density at radius 3 is 2.90 bits per heavy atom. The molecular weight excluding hydrogens is 270 g/mol. The van der Waals surface area contributed by atoms with E-state index in [9.17, 15) is 9.59 Å². The molecule has 1 fully saturated rings. The first kappa shape index (κ1) is 15.2. The minimum absolute atomic E-state index is 0.0981. The van der Waals surface area contributed by atoms with Crippen LogP contribution in [0, 0.1) is 0 Å². The third-order valence-corrected chi connectivity index (χ3v) is 3.61. The number of nitrogens with zero attached hydrogens (tertiary/aromatic N) is 2. The van der Waals surface area contributed by atoms with Gasteiger partial charge in [0.15, 0.2) is 0 Å². The molecule has 7 nitrogen and oxygen atoms in total. The van der Waals surface area contributed by atoms with Crippen molar-refractivity contribution in [2.45, 2.75) is 32.7 Å². The van der Waals surface area contributed by atoms with Gasteiger partial charge in [0.25, 0.3) is 5.91 Å². The van der Waals surface area contributed by atoms with Crippen molar-refractivity contribution in [3.63, 3.8) is 0 Å². The molecule has 2 heterocycles. The van der Waals surface area contributed by atoms with Crippen LogP contribution in [-0.2, 0) is 11.2 Å². The maximum atomic E-state index is 12.7. The molecule has 0 spiro atoms. The minimum Gasteiger partial charge on any atom is -0.353 e. The molecule has 4 N–H and O–H groups in total. The number of carbonyl (C=O) groups excluding carboxylic acids is 2. The van der Waals surface area contributed by atoms with Crippen LogP contribution in [0.3, 0.4) is 0 Å². The second-order valence-electron chi connectivity index (χ2n) is 4.94. The Bertz CT molecular complexity index is 524. The highest BCUT2D eigenvalue weighted by atomic mass is 16.2. The van der Waals surface area contributed by atoms with Crippen LogP contribution >= 0.6 is 0 Å². The summed E-state index contributed by atoms with van der Waals surface area (Å²) in [7, 11) is 0. The summed E-state index contributed by atoms with van der Waals surface area (Å²) in [5.74, 6) is 5.59. The van der Waals surface area contributed by atoms with Crippen LogP contribution in [0.25, 0.3) is 0 Å². The maximum absolute atomic E-state index is 12.7. The lowest BCUT2D eigenvalue weighted by molar-refractivity contribution is -0.127. The van der Waals surface area contributed by atoms with Gasteiger partial charge in [0.1, 0.15) is 11.9 Å². The third-order valence-electron chi connectivity index (χ3n) is 3.61. The number of amides is 2. The number of nitrogens with two attached hydrogens (primary N) is 1. The number of carbonyl (C=O) groups is 2. The molecule has 1 aliphatic rings. The molecule has 1 atom stereocenters. The van der Waals surface area contributed by atoms with Gasteiger partial charge in [-0.2, -0.15) is 0 Å². The van der Waals surface area contributed by atoms with Crippen LogP contribution in [0.2, 0.25) is 0 Å². The zero-order chi connectivity index (χ0) is 15.4. The van der Waals surface area contributed by atoms with Crippen molar-refractivity contribution < 1.29 is 9.59 Å². The molecule has 0 bridgehead atoms. The molecule has 2 amide bonds. The second kappa shape index (κ2) is 6.53. The summed E-state index contributed by atoms with van der Waals surface area (Å²) in [6.07, 6.45) is 1.29. The summed E-state index contributed by atoms with van der Waals surface area (Å²) in [5, 5.41) is 2.79. The molecule has 7 heteroatoms. The van der Waals surface area contributed by atoms with E-state index in [1.54, 1.807) is 17.0 Å².